The average Bonchev–Trinajstić information content (AvgIpc) is 2.54. The van der Waals surface area contributed by atoms with Crippen molar-refractivity contribution >= 4 is 10.0 Å². The van der Waals surface area contributed by atoms with E-state index >= 15 is 0 Å². The summed E-state index contributed by atoms with van der Waals surface area (Å²) in [7, 11) is -3.49. The molecule has 23 heavy (non-hydrogen) atoms. The van der Waals surface area contributed by atoms with Gasteiger partial charge in [0.15, 0.2) is 0 Å². The van der Waals surface area contributed by atoms with Crippen molar-refractivity contribution in [2.45, 2.75) is 50.8 Å². The lowest BCUT2D eigenvalue weighted by Crippen LogP contribution is -2.40. The molecular weight excluding hydrogens is 315 g/mol. The molecule has 1 aromatic carbocycles. The topological polar surface area (TPSA) is 49.4 Å². The average molecular weight is 342 g/mol. The van der Waals surface area contributed by atoms with Gasteiger partial charge >= 0.3 is 0 Å². The van der Waals surface area contributed by atoms with Crippen LogP contribution >= 0.6 is 0 Å². The summed E-state index contributed by atoms with van der Waals surface area (Å²) in [5.74, 6) is -0.780. The maximum atomic E-state index is 13.5. The van der Waals surface area contributed by atoms with E-state index in [-0.39, 0.29) is 11.3 Å². The molecule has 0 spiro atoms. The third kappa shape index (κ3) is 5.86. The van der Waals surface area contributed by atoms with Gasteiger partial charge in [-0.15, -0.1) is 0 Å². The molecule has 1 aliphatic heterocycles. The maximum Gasteiger partial charge on any atom is 0.215 e. The molecule has 1 fully saturated rings. The van der Waals surface area contributed by atoms with E-state index in [1.54, 1.807) is 12.1 Å². The minimum absolute atomic E-state index is 0.210. The molecule has 0 saturated carbocycles. The highest BCUT2D eigenvalue weighted by molar-refractivity contribution is 7.88. The van der Waals surface area contributed by atoms with E-state index in [2.05, 4.69) is 16.5 Å². The molecule has 4 nitrogen and oxygen atoms in total. The van der Waals surface area contributed by atoms with E-state index in [1.165, 1.54) is 31.4 Å². The molecule has 2 rings (SSSR count). The number of nitrogens with zero attached hydrogens (tertiary/aromatic N) is 1. The van der Waals surface area contributed by atoms with E-state index in [9.17, 15) is 12.8 Å². The van der Waals surface area contributed by atoms with Gasteiger partial charge in [-0.1, -0.05) is 31.5 Å². The first-order valence-electron chi connectivity index (χ1n) is 8.46. The summed E-state index contributed by atoms with van der Waals surface area (Å²) in [6.45, 7) is 4.64. The van der Waals surface area contributed by atoms with Gasteiger partial charge in [0.1, 0.15) is 5.82 Å². The van der Waals surface area contributed by atoms with Crippen molar-refractivity contribution in [2.24, 2.45) is 0 Å². The van der Waals surface area contributed by atoms with Crippen LogP contribution in [0.4, 0.5) is 4.39 Å². The quantitative estimate of drug-likeness (QED) is 0.739. The van der Waals surface area contributed by atoms with E-state index in [0.717, 1.165) is 25.9 Å². The van der Waals surface area contributed by atoms with Crippen molar-refractivity contribution in [2.75, 3.05) is 19.6 Å². The third-order valence-corrected chi connectivity index (χ3v) is 5.80. The summed E-state index contributed by atoms with van der Waals surface area (Å²) < 4.78 is 40.2. The highest BCUT2D eigenvalue weighted by atomic mass is 32.2. The number of halogens is 1. The van der Waals surface area contributed by atoms with Crippen LogP contribution in [0.3, 0.4) is 0 Å². The third-order valence-electron chi connectivity index (χ3n) is 4.47. The Morgan fingerprint density at radius 1 is 1.30 bits per heavy atom. The standard InChI is InChI=1S/C17H27FN2O2S/c1-2-16-9-5-6-12-20(16)13-7-11-19-23(21,22)14-15-8-3-4-10-17(15)18/h3-4,8,10,16,19H,2,5-7,9,11-14H2,1H3/t16-/m1/s1. The number of piperidine rings is 1. The van der Waals surface area contributed by atoms with Gasteiger partial charge in [-0.05, 0) is 44.8 Å². The second-order valence-corrected chi connectivity index (χ2v) is 8.00. The van der Waals surface area contributed by atoms with Gasteiger partial charge in [0.2, 0.25) is 10.0 Å². The van der Waals surface area contributed by atoms with Crippen LogP contribution in [0.1, 0.15) is 44.6 Å². The summed E-state index contributed by atoms with van der Waals surface area (Å²) in [6, 6.07) is 6.63. The summed E-state index contributed by atoms with van der Waals surface area (Å²) in [5, 5.41) is 0. The van der Waals surface area contributed by atoms with Gasteiger partial charge in [-0.2, -0.15) is 0 Å². The van der Waals surface area contributed by atoms with Crippen LogP contribution in [0.2, 0.25) is 0 Å². The Bertz CT molecular complexity index is 592. The first kappa shape index (κ1) is 18.4. The van der Waals surface area contributed by atoms with Crippen molar-refractivity contribution in [1.29, 1.82) is 0 Å². The van der Waals surface area contributed by atoms with Gasteiger partial charge in [0, 0.05) is 18.2 Å². The molecule has 0 amide bonds. The van der Waals surface area contributed by atoms with Crippen LogP contribution in [-0.4, -0.2) is 39.0 Å². The number of hydrogen-bond acceptors (Lipinski definition) is 3. The fraction of sp³-hybridized carbons (Fsp3) is 0.647. The molecule has 1 aliphatic rings. The molecule has 1 saturated heterocycles. The van der Waals surface area contributed by atoms with Crippen LogP contribution in [-0.2, 0) is 15.8 Å². The Kier molecular flexibility index (Phi) is 6.99. The molecule has 130 valence electrons. The Morgan fingerprint density at radius 2 is 2.09 bits per heavy atom. The SMILES string of the molecule is CC[C@@H]1CCCCN1CCCNS(=O)(=O)Cc1ccccc1F. The largest absolute Gasteiger partial charge is 0.300 e. The number of nitrogens with one attached hydrogen (secondary N) is 1. The maximum absolute atomic E-state index is 13.5. The Labute approximate surface area is 139 Å². The number of benzene rings is 1. The number of hydrogen-bond donors (Lipinski definition) is 1. The summed E-state index contributed by atoms with van der Waals surface area (Å²) in [4.78, 5) is 2.47. The van der Waals surface area contributed by atoms with Crippen molar-refractivity contribution in [3.63, 3.8) is 0 Å². The molecule has 0 unspecified atom stereocenters. The van der Waals surface area contributed by atoms with Gasteiger partial charge < -0.3 is 4.90 Å². The number of sulfonamides is 1. The fourth-order valence-corrected chi connectivity index (χ4v) is 4.40. The zero-order valence-electron chi connectivity index (χ0n) is 13.8. The zero-order chi connectivity index (χ0) is 16.7. The van der Waals surface area contributed by atoms with Crippen molar-refractivity contribution in [3.05, 3.63) is 35.6 Å². The van der Waals surface area contributed by atoms with Crippen LogP contribution in [0, 0.1) is 5.82 Å². The van der Waals surface area contributed by atoms with Crippen molar-refractivity contribution < 1.29 is 12.8 Å². The van der Waals surface area contributed by atoms with Crippen molar-refractivity contribution in [3.8, 4) is 0 Å². The highest BCUT2D eigenvalue weighted by Gasteiger charge is 2.20. The molecule has 0 radical (unpaired) electrons. The first-order valence-corrected chi connectivity index (χ1v) is 10.1. The summed E-state index contributed by atoms with van der Waals surface area (Å²) in [5.41, 5.74) is 0.210. The zero-order valence-corrected chi connectivity index (χ0v) is 14.6. The molecular formula is C17H27FN2O2S. The normalized spacial score (nSPS) is 19.8. The Balaban J connectivity index is 1.75. The number of rotatable bonds is 8. The highest BCUT2D eigenvalue weighted by Crippen LogP contribution is 2.19. The van der Waals surface area contributed by atoms with Gasteiger partial charge in [-0.3, -0.25) is 0 Å². The predicted octanol–water partition coefficient (Wildman–Crippen LogP) is 2.90. The van der Waals surface area contributed by atoms with E-state index in [4.69, 9.17) is 0 Å². The van der Waals surface area contributed by atoms with Gasteiger partial charge in [-0.25, -0.2) is 17.5 Å². The van der Waals surface area contributed by atoms with Crippen LogP contribution in [0.15, 0.2) is 24.3 Å². The Morgan fingerprint density at radius 3 is 2.83 bits per heavy atom. The second kappa shape index (κ2) is 8.76. The lowest BCUT2D eigenvalue weighted by molar-refractivity contribution is 0.143. The molecule has 0 aromatic heterocycles. The van der Waals surface area contributed by atoms with E-state index in [0.29, 0.717) is 12.6 Å². The predicted molar refractivity (Wildman–Crippen MR) is 91.1 cm³/mol. The van der Waals surface area contributed by atoms with Gasteiger partial charge in [0.25, 0.3) is 0 Å². The minimum Gasteiger partial charge on any atom is -0.300 e. The molecule has 1 aromatic rings. The molecule has 6 heteroatoms. The summed E-state index contributed by atoms with van der Waals surface area (Å²) in [6.07, 6.45) is 5.71. The van der Waals surface area contributed by atoms with E-state index in [1.807, 2.05) is 0 Å². The molecule has 1 heterocycles. The Hall–Kier alpha value is -0.980. The lowest BCUT2D eigenvalue weighted by atomic mass is 10.00. The van der Waals surface area contributed by atoms with Crippen LogP contribution in [0.25, 0.3) is 0 Å². The lowest BCUT2D eigenvalue weighted by Gasteiger charge is -2.35. The van der Waals surface area contributed by atoms with E-state index < -0.39 is 15.8 Å². The second-order valence-electron chi connectivity index (χ2n) is 6.19. The number of likely N-dealkylation sites (tertiary alicyclic amines) is 1. The van der Waals surface area contributed by atoms with Crippen molar-refractivity contribution in [1.82, 2.24) is 9.62 Å². The van der Waals surface area contributed by atoms with Crippen LogP contribution < -0.4 is 4.72 Å². The molecule has 1 N–H and O–H groups in total. The molecule has 0 aliphatic carbocycles. The van der Waals surface area contributed by atoms with Gasteiger partial charge in [0.05, 0.1) is 5.75 Å². The summed E-state index contributed by atoms with van der Waals surface area (Å²) >= 11 is 0. The first-order chi connectivity index (χ1) is 11.0. The fourth-order valence-electron chi connectivity index (χ4n) is 3.20. The van der Waals surface area contributed by atoms with Crippen LogP contribution in [0.5, 0.6) is 0 Å². The smallest absolute Gasteiger partial charge is 0.215 e. The molecule has 0 bridgehead atoms. The monoisotopic (exact) mass is 342 g/mol. The molecule has 1 atom stereocenters. The minimum atomic E-state index is -3.49.